The molecule has 1 saturated carbocycles. The van der Waals surface area contributed by atoms with Crippen LogP contribution in [0.3, 0.4) is 0 Å². The van der Waals surface area contributed by atoms with Gasteiger partial charge in [0.1, 0.15) is 0 Å². The first-order valence-electron chi connectivity index (χ1n) is 6.79. The van der Waals surface area contributed by atoms with Crippen LogP contribution in [0, 0.1) is 11.8 Å². The second-order valence-corrected chi connectivity index (χ2v) is 5.82. The van der Waals surface area contributed by atoms with Gasteiger partial charge in [-0.25, -0.2) is 0 Å². The third-order valence-corrected chi connectivity index (χ3v) is 4.21. The van der Waals surface area contributed by atoms with E-state index in [1.807, 2.05) is 0 Å². The van der Waals surface area contributed by atoms with Gasteiger partial charge in [0.25, 0.3) is 0 Å². The molecule has 0 bridgehead atoms. The summed E-state index contributed by atoms with van der Waals surface area (Å²) in [6, 6.07) is 0. The summed E-state index contributed by atoms with van der Waals surface area (Å²) in [6.45, 7) is 3.99. The monoisotopic (exact) mass is 240 g/mol. The molecule has 2 rings (SSSR count). The molecular formula is C13H24N2O2. The average Bonchev–Trinajstić information content (AvgIpc) is 2.82. The molecule has 3 unspecified atom stereocenters. The lowest BCUT2D eigenvalue weighted by Gasteiger charge is -2.40. The summed E-state index contributed by atoms with van der Waals surface area (Å²) in [5, 5.41) is 16.0. The lowest BCUT2D eigenvalue weighted by Crippen LogP contribution is -2.55. The molecule has 4 heteroatoms. The molecule has 3 atom stereocenters. The quantitative estimate of drug-likeness (QED) is 0.679. The van der Waals surface area contributed by atoms with E-state index in [0.717, 1.165) is 38.8 Å². The van der Waals surface area contributed by atoms with Crippen LogP contribution in [0.15, 0.2) is 0 Å². The van der Waals surface area contributed by atoms with Crippen LogP contribution in [0.4, 0.5) is 0 Å². The van der Waals surface area contributed by atoms with Gasteiger partial charge in [-0.1, -0.05) is 19.8 Å². The minimum atomic E-state index is -0.350. The highest BCUT2D eigenvalue weighted by atomic mass is 16.3. The van der Waals surface area contributed by atoms with Crippen molar-refractivity contribution in [3.8, 4) is 0 Å². The maximum atomic E-state index is 12.1. The molecule has 98 valence electrons. The number of aliphatic hydroxyl groups is 1. The molecule has 2 fully saturated rings. The van der Waals surface area contributed by atoms with E-state index in [2.05, 4.69) is 17.6 Å². The first-order chi connectivity index (χ1) is 8.15. The fraction of sp³-hybridized carbons (Fsp3) is 0.923. The Labute approximate surface area is 103 Å². The molecule has 4 nitrogen and oxygen atoms in total. The van der Waals surface area contributed by atoms with E-state index in [0.29, 0.717) is 5.92 Å². The molecule has 0 aromatic rings. The summed E-state index contributed by atoms with van der Waals surface area (Å²) in [7, 11) is 0. The number of aliphatic hydroxyl groups excluding tert-OH is 1. The number of carbonyl (C=O) groups excluding carboxylic acids is 1. The zero-order valence-corrected chi connectivity index (χ0v) is 10.7. The average molecular weight is 240 g/mol. The topological polar surface area (TPSA) is 61.4 Å². The van der Waals surface area contributed by atoms with Crippen molar-refractivity contribution in [2.75, 3.05) is 19.7 Å². The number of carbonyl (C=O) groups is 1. The number of amides is 1. The zero-order valence-electron chi connectivity index (χ0n) is 10.7. The highest BCUT2D eigenvalue weighted by Crippen LogP contribution is 2.32. The fourth-order valence-electron chi connectivity index (χ4n) is 3.20. The minimum absolute atomic E-state index is 0.0726. The lowest BCUT2D eigenvalue weighted by molar-refractivity contribution is -0.127. The number of hydrogen-bond donors (Lipinski definition) is 3. The van der Waals surface area contributed by atoms with Gasteiger partial charge in [0, 0.05) is 6.54 Å². The second kappa shape index (κ2) is 5.36. The van der Waals surface area contributed by atoms with Crippen LogP contribution < -0.4 is 10.6 Å². The largest absolute Gasteiger partial charge is 0.394 e. The van der Waals surface area contributed by atoms with Gasteiger partial charge in [-0.3, -0.25) is 4.79 Å². The third kappa shape index (κ3) is 2.99. The second-order valence-electron chi connectivity index (χ2n) is 5.82. The standard InChI is InChI=1S/C13H24N2O2/c1-10-3-2-5-13(7-10,9-16)15-12(17)11-4-6-14-8-11/h10-11,14,16H,2-9H2,1H3,(H,15,17). The van der Waals surface area contributed by atoms with Gasteiger partial charge < -0.3 is 15.7 Å². The van der Waals surface area contributed by atoms with E-state index < -0.39 is 0 Å². The molecule has 0 aromatic carbocycles. The Kier molecular flexibility index (Phi) is 4.05. The van der Waals surface area contributed by atoms with Crippen molar-refractivity contribution in [2.45, 2.75) is 44.6 Å². The minimum Gasteiger partial charge on any atom is -0.394 e. The van der Waals surface area contributed by atoms with Crippen LogP contribution in [0.2, 0.25) is 0 Å². The molecule has 1 amide bonds. The predicted octanol–water partition coefficient (Wildman–Crippen LogP) is 0.653. The van der Waals surface area contributed by atoms with Crippen molar-refractivity contribution in [1.29, 1.82) is 0 Å². The summed E-state index contributed by atoms with van der Waals surface area (Å²) < 4.78 is 0. The first kappa shape index (κ1) is 12.8. The Bertz CT molecular complexity index is 277. The van der Waals surface area contributed by atoms with Crippen LogP contribution >= 0.6 is 0 Å². The molecule has 1 heterocycles. The van der Waals surface area contributed by atoms with Crippen molar-refractivity contribution < 1.29 is 9.90 Å². The molecule has 2 aliphatic rings. The van der Waals surface area contributed by atoms with E-state index >= 15 is 0 Å². The molecule has 0 spiro atoms. The summed E-state index contributed by atoms with van der Waals surface area (Å²) in [5.74, 6) is 0.812. The summed E-state index contributed by atoms with van der Waals surface area (Å²) in [6.07, 6.45) is 5.06. The maximum absolute atomic E-state index is 12.1. The molecule has 0 radical (unpaired) electrons. The molecule has 0 aromatic heterocycles. The lowest BCUT2D eigenvalue weighted by atomic mass is 9.76. The maximum Gasteiger partial charge on any atom is 0.224 e. The Morgan fingerprint density at radius 2 is 2.35 bits per heavy atom. The summed E-state index contributed by atoms with van der Waals surface area (Å²) >= 11 is 0. The van der Waals surface area contributed by atoms with Crippen molar-refractivity contribution in [1.82, 2.24) is 10.6 Å². The van der Waals surface area contributed by atoms with Gasteiger partial charge in [0.2, 0.25) is 5.91 Å². The van der Waals surface area contributed by atoms with Crippen LogP contribution in [0.5, 0.6) is 0 Å². The number of hydrogen-bond acceptors (Lipinski definition) is 3. The van der Waals surface area contributed by atoms with E-state index in [4.69, 9.17) is 0 Å². The summed E-state index contributed by atoms with van der Waals surface area (Å²) in [4.78, 5) is 12.1. The molecule has 3 N–H and O–H groups in total. The van der Waals surface area contributed by atoms with E-state index in [1.165, 1.54) is 6.42 Å². The summed E-state index contributed by atoms with van der Waals surface area (Å²) in [5.41, 5.74) is -0.350. The van der Waals surface area contributed by atoms with E-state index in [-0.39, 0.29) is 24.0 Å². The van der Waals surface area contributed by atoms with Gasteiger partial charge in [-0.15, -0.1) is 0 Å². The molecule has 1 aliphatic heterocycles. The van der Waals surface area contributed by atoms with Crippen molar-refractivity contribution in [2.24, 2.45) is 11.8 Å². The van der Waals surface area contributed by atoms with E-state index in [9.17, 15) is 9.90 Å². The van der Waals surface area contributed by atoms with Crippen LogP contribution in [0.1, 0.15) is 39.0 Å². The predicted molar refractivity (Wildman–Crippen MR) is 66.6 cm³/mol. The van der Waals surface area contributed by atoms with Crippen LogP contribution in [-0.4, -0.2) is 36.2 Å². The Morgan fingerprint density at radius 1 is 1.53 bits per heavy atom. The number of nitrogens with one attached hydrogen (secondary N) is 2. The molecule has 1 saturated heterocycles. The Balaban J connectivity index is 1.95. The van der Waals surface area contributed by atoms with Crippen LogP contribution in [0.25, 0.3) is 0 Å². The van der Waals surface area contributed by atoms with Crippen molar-refractivity contribution >= 4 is 5.91 Å². The van der Waals surface area contributed by atoms with Gasteiger partial charge in [0.05, 0.1) is 18.1 Å². The Hall–Kier alpha value is -0.610. The van der Waals surface area contributed by atoms with Gasteiger partial charge >= 0.3 is 0 Å². The van der Waals surface area contributed by atoms with Crippen molar-refractivity contribution in [3.63, 3.8) is 0 Å². The highest BCUT2D eigenvalue weighted by Gasteiger charge is 2.37. The Morgan fingerprint density at radius 3 is 2.94 bits per heavy atom. The van der Waals surface area contributed by atoms with Crippen molar-refractivity contribution in [3.05, 3.63) is 0 Å². The normalized spacial score (nSPS) is 38.0. The zero-order chi connectivity index (χ0) is 12.3. The van der Waals surface area contributed by atoms with Gasteiger partial charge in [0.15, 0.2) is 0 Å². The smallest absolute Gasteiger partial charge is 0.224 e. The molecule has 17 heavy (non-hydrogen) atoms. The third-order valence-electron chi connectivity index (χ3n) is 4.21. The van der Waals surface area contributed by atoms with Gasteiger partial charge in [-0.05, 0) is 31.7 Å². The SMILES string of the molecule is CC1CCCC(CO)(NC(=O)C2CCNC2)C1. The molecule has 1 aliphatic carbocycles. The first-order valence-corrected chi connectivity index (χ1v) is 6.79. The van der Waals surface area contributed by atoms with Crippen LogP contribution in [-0.2, 0) is 4.79 Å². The molecular weight excluding hydrogens is 216 g/mol. The van der Waals surface area contributed by atoms with Gasteiger partial charge in [-0.2, -0.15) is 0 Å². The van der Waals surface area contributed by atoms with E-state index in [1.54, 1.807) is 0 Å². The highest BCUT2D eigenvalue weighted by molar-refractivity contribution is 5.80. The fourth-order valence-corrected chi connectivity index (χ4v) is 3.20. The number of rotatable bonds is 3.